The second-order valence-electron chi connectivity index (χ2n) is 5.44. The van der Waals surface area contributed by atoms with E-state index in [1.54, 1.807) is 0 Å². The summed E-state index contributed by atoms with van der Waals surface area (Å²) in [5.74, 6) is -0.0347. The second kappa shape index (κ2) is 10.2. The van der Waals surface area contributed by atoms with Gasteiger partial charge < -0.3 is 5.11 Å². The fourth-order valence-electron chi connectivity index (χ4n) is 2.21. The summed E-state index contributed by atoms with van der Waals surface area (Å²) in [7, 11) is 2.21. The molecular weight excluding hydrogens is 238 g/mol. The summed E-state index contributed by atoms with van der Waals surface area (Å²) in [5, 5.41) is 8.29. The Bertz CT molecular complexity index is 276. The van der Waals surface area contributed by atoms with E-state index in [0.29, 0.717) is 6.04 Å². The van der Waals surface area contributed by atoms with Crippen molar-refractivity contribution in [2.24, 2.45) is 5.92 Å². The molecule has 112 valence electrons. The number of ketones is 1. The Kier molecular flexibility index (Phi) is 9.80. The Morgan fingerprint density at radius 3 is 2.42 bits per heavy atom. The van der Waals surface area contributed by atoms with Crippen LogP contribution in [0, 0.1) is 5.92 Å². The Morgan fingerprint density at radius 2 is 2.05 bits per heavy atom. The summed E-state index contributed by atoms with van der Waals surface area (Å²) in [6.07, 6.45) is 6.02. The Balaban J connectivity index is 0.000000362. The van der Waals surface area contributed by atoms with E-state index < -0.39 is 0 Å². The largest absolute Gasteiger partial charge is 0.389 e. The first-order valence-corrected chi connectivity index (χ1v) is 7.49. The lowest BCUT2D eigenvalue weighted by atomic mass is 9.95. The zero-order valence-corrected chi connectivity index (χ0v) is 13.1. The van der Waals surface area contributed by atoms with Gasteiger partial charge >= 0.3 is 0 Å². The number of likely N-dealkylation sites (N-methyl/N-ethyl adjacent to an activating group) is 1. The fourth-order valence-corrected chi connectivity index (χ4v) is 2.21. The monoisotopic (exact) mass is 269 g/mol. The third-order valence-corrected chi connectivity index (χ3v) is 4.01. The van der Waals surface area contributed by atoms with E-state index in [0.717, 1.165) is 12.8 Å². The van der Waals surface area contributed by atoms with E-state index in [2.05, 4.69) is 25.5 Å². The predicted octanol–water partition coefficient (Wildman–Crippen LogP) is 3.03. The molecule has 2 unspecified atom stereocenters. The van der Waals surface area contributed by atoms with E-state index in [1.807, 2.05) is 13.8 Å². The van der Waals surface area contributed by atoms with E-state index in [4.69, 9.17) is 5.11 Å². The average molecular weight is 269 g/mol. The number of hydrogen-bond acceptors (Lipinski definition) is 3. The summed E-state index contributed by atoms with van der Waals surface area (Å²) in [4.78, 5) is 12.9. The van der Waals surface area contributed by atoms with Crippen LogP contribution in [0.1, 0.15) is 52.9 Å². The molecule has 0 radical (unpaired) electrons. The van der Waals surface area contributed by atoms with Crippen molar-refractivity contribution in [2.45, 2.75) is 58.9 Å². The van der Waals surface area contributed by atoms with Crippen molar-refractivity contribution >= 4 is 5.78 Å². The number of likely N-dealkylation sites (tertiary alicyclic amines) is 1. The molecule has 0 spiro atoms. The van der Waals surface area contributed by atoms with Crippen molar-refractivity contribution in [3.05, 3.63) is 12.2 Å². The summed E-state index contributed by atoms with van der Waals surface area (Å²) < 4.78 is 0. The zero-order chi connectivity index (χ0) is 14.8. The van der Waals surface area contributed by atoms with Gasteiger partial charge in [0.1, 0.15) is 6.61 Å². The van der Waals surface area contributed by atoms with E-state index in [1.165, 1.54) is 31.4 Å². The van der Waals surface area contributed by atoms with Gasteiger partial charge in [0.2, 0.25) is 0 Å². The Morgan fingerprint density at radius 1 is 1.42 bits per heavy atom. The third kappa shape index (κ3) is 6.88. The van der Waals surface area contributed by atoms with Crippen molar-refractivity contribution in [3.8, 4) is 0 Å². The molecule has 1 aliphatic rings. The normalized spacial score (nSPS) is 21.2. The van der Waals surface area contributed by atoms with Crippen LogP contribution in [-0.2, 0) is 4.79 Å². The zero-order valence-electron chi connectivity index (χ0n) is 13.1. The predicted molar refractivity (Wildman–Crippen MR) is 81.2 cm³/mol. The lowest BCUT2D eigenvalue weighted by Gasteiger charge is -2.33. The lowest BCUT2D eigenvalue weighted by molar-refractivity contribution is -0.125. The molecule has 1 saturated heterocycles. The highest BCUT2D eigenvalue weighted by Crippen LogP contribution is 2.21. The molecule has 19 heavy (non-hydrogen) atoms. The van der Waals surface area contributed by atoms with Crippen LogP contribution in [-0.4, -0.2) is 42.0 Å². The van der Waals surface area contributed by atoms with Crippen LogP contribution in [0.4, 0.5) is 0 Å². The topological polar surface area (TPSA) is 40.5 Å². The number of Topliss-reactive ketones (excluding diaryl/α,β-unsaturated/α-hetero) is 1. The minimum atomic E-state index is -0.311. The molecule has 0 bridgehead atoms. The van der Waals surface area contributed by atoms with Crippen LogP contribution < -0.4 is 0 Å². The minimum Gasteiger partial charge on any atom is -0.389 e. The summed E-state index contributed by atoms with van der Waals surface area (Å²) in [6.45, 7) is 11.0. The SMILES string of the molecule is C=C(CC)C1CCCCN1C.CCC(C)C(=O)CO. The molecule has 1 heterocycles. The number of nitrogens with zero attached hydrogens (tertiary/aromatic N) is 1. The number of carbonyl (C=O) groups excluding carboxylic acids is 1. The number of aliphatic hydroxyl groups is 1. The van der Waals surface area contributed by atoms with Crippen LogP contribution in [0.5, 0.6) is 0 Å². The average Bonchev–Trinajstić information content (AvgIpc) is 2.45. The molecule has 1 rings (SSSR count). The smallest absolute Gasteiger partial charge is 0.160 e. The van der Waals surface area contributed by atoms with Crippen LogP contribution in [0.25, 0.3) is 0 Å². The Labute approximate surface area is 118 Å². The lowest BCUT2D eigenvalue weighted by Crippen LogP contribution is -2.37. The van der Waals surface area contributed by atoms with Gasteiger partial charge in [-0.1, -0.05) is 39.3 Å². The van der Waals surface area contributed by atoms with Gasteiger partial charge in [-0.25, -0.2) is 0 Å². The number of rotatable bonds is 5. The molecular formula is C16H31NO2. The van der Waals surface area contributed by atoms with Crippen LogP contribution in [0.3, 0.4) is 0 Å². The van der Waals surface area contributed by atoms with Gasteiger partial charge in [-0.05, 0) is 39.3 Å². The van der Waals surface area contributed by atoms with E-state index in [-0.39, 0.29) is 18.3 Å². The first-order valence-electron chi connectivity index (χ1n) is 7.49. The molecule has 0 aliphatic carbocycles. The standard InChI is InChI=1S/C10H19N.C6H12O2/c1-4-9(2)10-7-5-6-8-11(10)3;1-3-5(2)6(8)4-7/h10H,2,4-8H2,1,3H3;5,7H,3-4H2,1-2H3. The Hall–Kier alpha value is -0.670. The molecule has 0 aromatic carbocycles. The molecule has 1 N–H and O–H groups in total. The minimum absolute atomic E-state index is 0.0278. The second-order valence-corrected chi connectivity index (χ2v) is 5.44. The maximum atomic E-state index is 10.5. The molecule has 3 heteroatoms. The first-order chi connectivity index (χ1) is 8.97. The maximum Gasteiger partial charge on any atom is 0.160 e. The van der Waals surface area contributed by atoms with Gasteiger partial charge in [-0.2, -0.15) is 0 Å². The van der Waals surface area contributed by atoms with Gasteiger partial charge in [0.05, 0.1) is 0 Å². The maximum absolute atomic E-state index is 10.5. The molecule has 0 aromatic heterocycles. The summed E-state index contributed by atoms with van der Waals surface area (Å²) in [5.41, 5.74) is 1.41. The highest BCUT2D eigenvalue weighted by Gasteiger charge is 2.19. The fraction of sp³-hybridized carbons (Fsp3) is 0.812. The first kappa shape index (κ1) is 18.3. The van der Waals surface area contributed by atoms with Crippen molar-refractivity contribution in [3.63, 3.8) is 0 Å². The number of hydrogen-bond donors (Lipinski definition) is 1. The quantitative estimate of drug-likeness (QED) is 0.780. The number of piperidine rings is 1. The number of aliphatic hydroxyl groups excluding tert-OH is 1. The highest BCUT2D eigenvalue weighted by molar-refractivity contribution is 5.81. The van der Waals surface area contributed by atoms with Crippen LogP contribution >= 0.6 is 0 Å². The van der Waals surface area contributed by atoms with Crippen molar-refractivity contribution in [2.75, 3.05) is 20.2 Å². The van der Waals surface area contributed by atoms with E-state index in [9.17, 15) is 4.79 Å². The van der Waals surface area contributed by atoms with Crippen LogP contribution in [0.15, 0.2) is 12.2 Å². The molecule has 1 fully saturated rings. The molecule has 1 aliphatic heterocycles. The van der Waals surface area contributed by atoms with Gasteiger partial charge in [0.15, 0.2) is 5.78 Å². The molecule has 3 nitrogen and oxygen atoms in total. The highest BCUT2D eigenvalue weighted by atomic mass is 16.3. The summed E-state index contributed by atoms with van der Waals surface area (Å²) in [6, 6.07) is 0.675. The molecule has 0 amide bonds. The van der Waals surface area contributed by atoms with Crippen LogP contribution in [0.2, 0.25) is 0 Å². The number of carbonyl (C=O) groups is 1. The van der Waals surface area contributed by atoms with Gasteiger partial charge in [0.25, 0.3) is 0 Å². The van der Waals surface area contributed by atoms with Gasteiger partial charge in [-0.15, -0.1) is 0 Å². The van der Waals surface area contributed by atoms with Crippen molar-refractivity contribution in [1.82, 2.24) is 4.90 Å². The van der Waals surface area contributed by atoms with E-state index >= 15 is 0 Å². The summed E-state index contributed by atoms with van der Waals surface area (Å²) >= 11 is 0. The molecule has 0 saturated carbocycles. The molecule has 0 aromatic rings. The van der Waals surface area contributed by atoms with Gasteiger partial charge in [0, 0.05) is 12.0 Å². The van der Waals surface area contributed by atoms with Crippen molar-refractivity contribution < 1.29 is 9.90 Å². The molecule has 2 atom stereocenters. The third-order valence-electron chi connectivity index (χ3n) is 4.01. The van der Waals surface area contributed by atoms with Gasteiger partial charge in [-0.3, -0.25) is 9.69 Å². The van der Waals surface area contributed by atoms with Crippen molar-refractivity contribution in [1.29, 1.82) is 0 Å².